The van der Waals surface area contributed by atoms with Gasteiger partial charge in [0.25, 0.3) is 0 Å². The molecule has 3 atom stereocenters. The van der Waals surface area contributed by atoms with Gasteiger partial charge in [0.2, 0.25) is 5.91 Å². The lowest BCUT2D eigenvalue weighted by molar-refractivity contribution is -0.131. The third-order valence-electron chi connectivity index (χ3n) is 6.83. The maximum Gasteiger partial charge on any atom is 0.245 e. The summed E-state index contributed by atoms with van der Waals surface area (Å²) in [7, 11) is -3.10. The maximum absolute atomic E-state index is 13.3. The Balaban J connectivity index is 1.43. The minimum absolute atomic E-state index is 0.0387. The molecule has 3 aromatic rings. The SMILES string of the molecule is CC[C@H](Nc1ncnc2c1nc(-c1cnc(C)nc1)n2CC)C(=O)N1C[C@H]2CCS(=O)(=O)[C@H]2C1. The molecule has 5 rings (SSSR count). The van der Waals surface area contributed by atoms with E-state index in [0.717, 1.165) is 5.56 Å². The van der Waals surface area contributed by atoms with Crippen molar-refractivity contribution in [2.75, 3.05) is 24.2 Å². The van der Waals surface area contributed by atoms with Gasteiger partial charge in [-0.3, -0.25) is 4.79 Å². The van der Waals surface area contributed by atoms with Crippen molar-refractivity contribution in [3.63, 3.8) is 0 Å². The molecule has 0 radical (unpaired) electrons. The van der Waals surface area contributed by atoms with Crippen LogP contribution in [0.3, 0.4) is 0 Å². The van der Waals surface area contributed by atoms with Crippen LogP contribution in [0.2, 0.25) is 0 Å². The van der Waals surface area contributed by atoms with Gasteiger partial charge in [0.05, 0.1) is 16.6 Å². The van der Waals surface area contributed by atoms with E-state index in [4.69, 9.17) is 4.98 Å². The quantitative estimate of drug-likeness (QED) is 0.551. The zero-order valence-corrected chi connectivity index (χ0v) is 20.3. The lowest BCUT2D eigenvalue weighted by atomic mass is 10.1. The molecule has 0 saturated carbocycles. The highest BCUT2D eigenvalue weighted by Crippen LogP contribution is 2.34. The summed E-state index contributed by atoms with van der Waals surface area (Å²) in [6.45, 7) is 7.14. The molecule has 2 saturated heterocycles. The first-order valence-corrected chi connectivity index (χ1v) is 13.3. The molecule has 2 aliphatic heterocycles. The van der Waals surface area contributed by atoms with Gasteiger partial charge < -0.3 is 14.8 Å². The van der Waals surface area contributed by atoms with Gasteiger partial charge in [-0.1, -0.05) is 6.92 Å². The van der Waals surface area contributed by atoms with Gasteiger partial charge in [0.15, 0.2) is 26.8 Å². The molecule has 0 bridgehead atoms. The number of anilines is 1. The largest absolute Gasteiger partial charge is 0.356 e. The molecule has 0 spiro atoms. The predicted molar refractivity (Wildman–Crippen MR) is 127 cm³/mol. The van der Waals surface area contributed by atoms with Crippen molar-refractivity contribution in [2.45, 2.75) is 51.4 Å². The lowest BCUT2D eigenvalue weighted by Crippen LogP contribution is -2.42. The van der Waals surface area contributed by atoms with Crippen LogP contribution in [0.4, 0.5) is 5.82 Å². The first kappa shape index (κ1) is 22.6. The molecule has 0 aliphatic carbocycles. The number of aromatic nitrogens is 6. The molecule has 11 nitrogen and oxygen atoms in total. The second-order valence-corrected chi connectivity index (χ2v) is 11.2. The van der Waals surface area contributed by atoms with Crippen molar-refractivity contribution in [1.82, 2.24) is 34.4 Å². The Morgan fingerprint density at radius 1 is 1.18 bits per heavy atom. The molecule has 5 heterocycles. The van der Waals surface area contributed by atoms with Gasteiger partial charge >= 0.3 is 0 Å². The van der Waals surface area contributed by atoms with Crippen molar-refractivity contribution in [1.29, 1.82) is 0 Å². The summed E-state index contributed by atoms with van der Waals surface area (Å²) >= 11 is 0. The van der Waals surface area contributed by atoms with Gasteiger partial charge in [0, 0.05) is 32.0 Å². The van der Waals surface area contributed by atoms with E-state index in [2.05, 4.69) is 25.3 Å². The number of sulfone groups is 1. The summed E-state index contributed by atoms with van der Waals surface area (Å²) in [5.74, 6) is 1.98. The molecular weight excluding hydrogens is 456 g/mol. The zero-order valence-electron chi connectivity index (χ0n) is 19.5. The lowest BCUT2D eigenvalue weighted by Gasteiger charge is -2.24. The van der Waals surface area contributed by atoms with E-state index < -0.39 is 21.1 Å². The average Bonchev–Trinajstić information content (AvgIpc) is 3.50. The van der Waals surface area contributed by atoms with Crippen molar-refractivity contribution < 1.29 is 13.2 Å². The first-order valence-electron chi connectivity index (χ1n) is 11.6. The standard InChI is InChI=1S/C22H28N8O3S/c1-4-16(22(31)29-10-14-6-7-34(32,33)17(14)11-29)27-19-18-21(26-12-25-19)30(5-2)20(28-18)15-8-23-13(3)24-9-15/h8-9,12,14,16-17H,4-7,10-11H2,1-3H3,(H,25,26,27)/t14-,16+,17+/m1/s1. The van der Waals surface area contributed by atoms with Crippen molar-refractivity contribution in [3.05, 3.63) is 24.5 Å². The van der Waals surface area contributed by atoms with Gasteiger partial charge in [0.1, 0.15) is 24.0 Å². The fourth-order valence-corrected chi connectivity index (χ4v) is 7.12. The summed E-state index contributed by atoms with van der Waals surface area (Å²) in [5, 5.41) is 2.83. The molecule has 34 heavy (non-hydrogen) atoms. The van der Waals surface area contributed by atoms with Crippen molar-refractivity contribution >= 4 is 32.7 Å². The molecule has 1 amide bonds. The van der Waals surface area contributed by atoms with E-state index >= 15 is 0 Å². The molecule has 2 fully saturated rings. The topological polar surface area (TPSA) is 136 Å². The summed E-state index contributed by atoms with van der Waals surface area (Å²) in [4.78, 5) is 37.2. The van der Waals surface area contributed by atoms with Crippen LogP contribution >= 0.6 is 0 Å². The van der Waals surface area contributed by atoms with E-state index in [9.17, 15) is 13.2 Å². The molecule has 3 aromatic heterocycles. The van der Waals surface area contributed by atoms with Crippen molar-refractivity contribution in [2.24, 2.45) is 5.92 Å². The highest BCUT2D eigenvalue weighted by molar-refractivity contribution is 7.92. The number of fused-ring (bicyclic) bond motifs is 2. The number of amides is 1. The van der Waals surface area contributed by atoms with E-state index in [1.54, 1.807) is 17.3 Å². The highest BCUT2D eigenvalue weighted by Gasteiger charge is 2.48. The van der Waals surface area contributed by atoms with E-state index in [1.807, 2.05) is 25.3 Å². The van der Waals surface area contributed by atoms with E-state index in [1.165, 1.54) is 6.33 Å². The van der Waals surface area contributed by atoms with Crippen LogP contribution in [0.5, 0.6) is 0 Å². The Morgan fingerprint density at radius 2 is 1.94 bits per heavy atom. The number of nitrogens with zero attached hydrogens (tertiary/aromatic N) is 7. The molecule has 2 aliphatic rings. The smallest absolute Gasteiger partial charge is 0.245 e. The Bertz CT molecular complexity index is 1340. The fraction of sp³-hybridized carbons (Fsp3) is 0.545. The molecule has 12 heteroatoms. The average molecular weight is 485 g/mol. The van der Waals surface area contributed by atoms with Gasteiger partial charge in [-0.15, -0.1) is 0 Å². The number of likely N-dealkylation sites (tertiary alicyclic amines) is 1. The first-order chi connectivity index (χ1) is 16.3. The van der Waals surface area contributed by atoms with Gasteiger partial charge in [-0.2, -0.15) is 0 Å². The number of rotatable bonds is 6. The normalized spacial score (nSPS) is 22.1. The second kappa shape index (κ2) is 8.57. The van der Waals surface area contributed by atoms with Crippen LogP contribution in [-0.2, 0) is 21.2 Å². The summed E-state index contributed by atoms with van der Waals surface area (Å²) in [5.41, 5.74) is 1.98. The third-order valence-corrected chi connectivity index (χ3v) is 9.09. The van der Waals surface area contributed by atoms with Crippen LogP contribution in [-0.4, -0.2) is 78.8 Å². The zero-order chi connectivity index (χ0) is 24.0. The van der Waals surface area contributed by atoms with Crippen LogP contribution in [0, 0.1) is 12.8 Å². The summed E-state index contributed by atoms with van der Waals surface area (Å²) in [6, 6.07) is -0.544. The second-order valence-electron chi connectivity index (χ2n) is 8.90. The maximum atomic E-state index is 13.3. The number of hydrogen-bond donors (Lipinski definition) is 1. The molecule has 0 unspecified atom stereocenters. The molecule has 180 valence electrons. The number of nitrogens with one attached hydrogen (secondary N) is 1. The van der Waals surface area contributed by atoms with E-state index in [-0.39, 0.29) is 24.1 Å². The minimum atomic E-state index is -3.10. The molecular formula is C22H28N8O3S. The Labute approximate surface area is 198 Å². The highest BCUT2D eigenvalue weighted by atomic mass is 32.2. The summed E-state index contributed by atoms with van der Waals surface area (Å²) < 4.78 is 26.6. The van der Waals surface area contributed by atoms with E-state index in [0.29, 0.717) is 54.6 Å². The predicted octanol–water partition coefficient (Wildman–Crippen LogP) is 1.45. The Morgan fingerprint density at radius 3 is 2.62 bits per heavy atom. The van der Waals surface area contributed by atoms with Crippen LogP contribution in [0.25, 0.3) is 22.6 Å². The number of imidazole rings is 1. The fourth-order valence-electron chi connectivity index (χ4n) is 4.97. The van der Waals surface area contributed by atoms with Gasteiger partial charge in [-0.05, 0) is 32.6 Å². The molecule has 1 N–H and O–H groups in total. The number of carbonyl (C=O) groups excluding carboxylic acids is 1. The Kier molecular flexibility index (Phi) is 5.70. The van der Waals surface area contributed by atoms with Crippen LogP contribution < -0.4 is 5.32 Å². The number of aryl methyl sites for hydroxylation is 2. The number of carbonyl (C=O) groups is 1. The van der Waals surface area contributed by atoms with Crippen LogP contribution in [0.1, 0.15) is 32.5 Å². The Hall–Kier alpha value is -3.15. The summed E-state index contributed by atoms with van der Waals surface area (Å²) in [6.07, 6.45) is 6.07. The van der Waals surface area contributed by atoms with Crippen molar-refractivity contribution in [3.8, 4) is 11.4 Å². The van der Waals surface area contributed by atoms with Gasteiger partial charge in [-0.25, -0.2) is 33.3 Å². The minimum Gasteiger partial charge on any atom is -0.356 e. The number of hydrogen-bond acceptors (Lipinski definition) is 9. The van der Waals surface area contributed by atoms with Crippen LogP contribution in [0.15, 0.2) is 18.7 Å². The monoisotopic (exact) mass is 484 g/mol. The molecule has 0 aromatic carbocycles. The third kappa shape index (κ3) is 3.79.